The molecule has 0 radical (unpaired) electrons. The van der Waals surface area contributed by atoms with Crippen LogP contribution < -0.4 is 4.74 Å². The molecule has 1 aliphatic heterocycles. The van der Waals surface area contributed by atoms with Crippen LogP contribution in [0.15, 0.2) is 24.3 Å². The molecular weight excluding hydrogens is 382 g/mol. The summed E-state index contributed by atoms with van der Waals surface area (Å²) in [6, 6.07) is 7.03. The van der Waals surface area contributed by atoms with E-state index in [0.29, 0.717) is 35.1 Å². The van der Waals surface area contributed by atoms with Gasteiger partial charge in [0.15, 0.2) is 0 Å². The molecule has 0 saturated heterocycles. The predicted octanol–water partition coefficient (Wildman–Crippen LogP) is 4.82. The monoisotopic (exact) mass is 405 g/mol. The van der Waals surface area contributed by atoms with Crippen molar-refractivity contribution in [2.24, 2.45) is 0 Å². The molecule has 27 heavy (non-hydrogen) atoms. The van der Waals surface area contributed by atoms with Gasteiger partial charge in [-0.1, -0.05) is 38.8 Å². The van der Waals surface area contributed by atoms with Crippen molar-refractivity contribution in [1.29, 1.82) is 0 Å². The van der Waals surface area contributed by atoms with Crippen molar-refractivity contribution < 1.29 is 19.5 Å². The highest BCUT2D eigenvalue weighted by atomic mass is 32.2. The molecule has 0 aliphatic carbocycles. The van der Waals surface area contributed by atoms with E-state index in [2.05, 4.69) is 32.2 Å². The Morgan fingerprint density at radius 1 is 1.11 bits per heavy atom. The smallest absolute Gasteiger partial charge is 0.285 e. The first-order valence-electron chi connectivity index (χ1n) is 9.08. The number of carbonyl (C=O) groups excluding carboxylic acids is 2. The Morgan fingerprint density at radius 3 is 2.52 bits per heavy atom. The minimum Gasteiger partial charge on any atom is -0.494 e. The van der Waals surface area contributed by atoms with E-state index < -0.39 is 15.9 Å². The molecule has 0 aromatic heterocycles. The number of benzene rings is 2. The van der Waals surface area contributed by atoms with Crippen molar-refractivity contribution >= 4 is 47.8 Å². The summed E-state index contributed by atoms with van der Waals surface area (Å²) in [5, 5.41) is 11.5. The number of unbranched alkanes of at least 4 members (excludes halogenated alkanes) is 1. The van der Waals surface area contributed by atoms with Gasteiger partial charge in [-0.05, 0) is 35.9 Å². The number of rotatable bonds is 7. The number of hydrogen-bond acceptors (Lipinski definition) is 6. The topological polar surface area (TPSA) is 66.8 Å². The van der Waals surface area contributed by atoms with Gasteiger partial charge >= 0.3 is 0 Å². The number of hydrogen-bond donors (Lipinski definition) is 3. The van der Waals surface area contributed by atoms with Crippen LogP contribution in [0.25, 0.3) is 10.8 Å². The van der Waals surface area contributed by atoms with Crippen LogP contribution in [0.3, 0.4) is 0 Å². The van der Waals surface area contributed by atoms with Crippen LogP contribution in [0.2, 0.25) is 0 Å². The fraction of sp³-hybridized carbons (Fsp3) is 0.400. The molecule has 0 bridgehead atoms. The molecule has 2 aromatic carbocycles. The summed E-state index contributed by atoms with van der Waals surface area (Å²) < 4.78 is 4.88. The molecule has 1 heterocycles. The Bertz CT molecular complexity index is 910. The van der Waals surface area contributed by atoms with Crippen LogP contribution >= 0.6 is 25.3 Å². The Balaban J connectivity index is 2.24. The summed E-state index contributed by atoms with van der Waals surface area (Å²) in [6.07, 6.45) is 3.33. The molecule has 0 spiro atoms. The second-order valence-corrected chi connectivity index (χ2v) is 8.63. The van der Waals surface area contributed by atoms with E-state index in [-0.39, 0.29) is 16.2 Å². The average molecular weight is 406 g/mol. The van der Waals surface area contributed by atoms with Gasteiger partial charge in [-0.2, -0.15) is 25.3 Å². The molecule has 2 aromatic rings. The quantitative estimate of drug-likeness (QED) is 0.203. The summed E-state index contributed by atoms with van der Waals surface area (Å²) >= 11 is 9.27. The lowest BCUT2D eigenvalue weighted by atomic mass is 9.89. The first-order chi connectivity index (χ1) is 12.8. The fourth-order valence-corrected chi connectivity index (χ4v) is 4.20. The number of amides is 2. The molecule has 1 aliphatic rings. The third-order valence-corrected chi connectivity index (χ3v) is 5.65. The zero-order chi connectivity index (χ0) is 19.8. The summed E-state index contributed by atoms with van der Waals surface area (Å²) in [4.78, 5) is 25.3. The van der Waals surface area contributed by atoms with Crippen LogP contribution in [0, 0.1) is 0 Å². The van der Waals surface area contributed by atoms with Gasteiger partial charge in [0.25, 0.3) is 11.8 Å². The van der Waals surface area contributed by atoms with Crippen LogP contribution in [0.4, 0.5) is 0 Å². The number of hydroxylamine groups is 2. The van der Waals surface area contributed by atoms with Gasteiger partial charge in [0.05, 0.1) is 21.8 Å². The van der Waals surface area contributed by atoms with E-state index in [0.717, 1.165) is 19.3 Å². The number of thiol groups is 2. The molecule has 7 heteroatoms. The molecule has 2 amide bonds. The standard InChI is InChI=1S/C20H23NO4S2/c1-3-5-9-25-13-10-12-6-7-15(20(26,27)8-4-2)17-16(12)14(11-13)18(22)21(24)19(17)23/h6-7,10-11,24,26-27H,3-5,8-9H2,1-2H3. The van der Waals surface area contributed by atoms with Crippen molar-refractivity contribution in [2.45, 2.75) is 43.6 Å². The van der Waals surface area contributed by atoms with Gasteiger partial charge in [-0.3, -0.25) is 14.8 Å². The van der Waals surface area contributed by atoms with Crippen LogP contribution in [0.1, 0.15) is 65.8 Å². The van der Waals surface area contributed by atoms with Crippen molar-refractivity contribution in [3.8, 4) is 5.75 Å². The fourth-order valence-electron chi connectivity index (χ4n) is 3.38. The molecule has 3 rings (SSSR count). The molecule has 5 nitrogen and oxygen atoms in total. The first-order valence-corrected chi connectivity index (χ1v) is 9.97. The minimum absolute atomic E-state index is 0.167. The Kier molecular flexibility index (Phi) is 5.74. The summed E-state index contributed by atoms with van der Waals surface area (Å²) in [7, 11) is 0. The van der Waals surface area contributed by atoms with Gasteiger partial charge < -0.3 is 4.74 Å². The zero-order valence-electron chi connectivity index (χ0n) is 15.4. The van der Waals surface area contributed by atoms with Crippen molar-refractivity contribution in [3.63, 3.8) is 0 Å². The lowest BCUT2D eigenvalue weighted by Crippen LogP contribution is -2.39. The van der Waals surface area contributed by atoms with Gasteiger partial charge in [0.2, 0.25) is 0 Å². The number of carbonyl (C=O) groups is 2. The highest BCUT2D eigenvalue weighted by Gasteiger charge is 2.38. The molecule has 1 N–H and O–H groups in total. The second kappa shape index (κ2) is 7.73. The third kappa shape index (κ3) is 3.56. The first kappa shape index (κ1) is 20.0. The van der Waals surface area contributed by atoms with Crippen molar-refractivity contribution in [3.05, 3.63) is 41.0 Å². The molecule has 0 saturated carbocycles. The van der Waals surface area contributed by atoms with Gasteiger partial charge in [-0.15, -0.1) is 5.06 Å². The third-order valence-electron chi connectivity index (χ3n) is 4.72. The van der Waals surface area contributed by atoms with E-state index in [1.807, 2.05) is 19.1 Å². The SMILES string of the molecule is CCCCOc1cc2c3c(c(C(S)(S)CCC)ccc3c1)C(=O)N(O)C2=O. The Hall–Kier alpha value is -1.70. The van der Waals surface area contributed by atoms with E-state index in [4.69, 9.17) is 4.74 Å². The largest absolute Gasteiger partial charge is 0.494 e. The highest BCUT2D eigenvalue weighted by molar-refractivity contribution is 7.99. The average Bonchev–Trinajstić information content (AvgIpc) is 2.63. The van der Waals surface area contributed by atoms with E-state index >= 15 is 0 Å². The van der Waals surface area contributed by atoms with E-state index in [1.165, 1.54) is 0 Å². The van der Waals surface area contributed by atoms with Gasteiger partial charge in [0.1, 0.15) is 5.75 Å². The lowest BCUT2D eigenvalue weighted by molar-refractivity contribution is -0.0378. The maximum atomic E-state index is 12.7. The molecule has 0 fully saturated rings. The maximum absolute atomic E-state index is 12.7. The minimum atomic E-state index is -0.858. The Morgan fingerprint density at radius 2 is 1.85 bits per heavy atom. The summed E-state index contributed by atoms with van der Waals surface area (Å²) in [6.45, 7) is 4.61. The summed E-state index contributed by atoms with van der Waals surface area (Å²) in [5.74, 6) is -0.969. The molecule has 0 unspecified atom stereocenters. The van der Waals surface area contributed by atoms with Gasteiger partial charge in [0, 0.05) is 5.39 Å². The zero-order valence-corrected chi connectivity index (χ0v) is 17.1. The second-order valence-electron chi connectivity index (χ2n) is 6.75. The number of imide groups is 1. The highest BCUT2D eigenvalue weighted by Crippen LogP contribution is 2.44. The Labute approximate surface area is 169 Å². The number of nitrogens with zero attached hydrogens (tertiary/aromatic N) is 1. The van der Waals surface area contributed by atoms with Crippen molar-refractivity contribution in [1.82, 2.24) is 5.06 Å². The predicted molar refractivity (Wildman–Crippen MR) is 111 cm³/mol. The molecule has 0 atom stereocenters. The van der Waals surface area contributed by atoms with Crippen LogP contribution in [-0.4, -0.2) is 28.7 Å². The summed E-state index contributed by atoms with van der Waals surface area (Å²) in [5.41, 5.74) is 1.09. The van der Waals surface area contributed by atoms with E-state index in [1.54, 1.807) is 12.1 Å². The van der Waals surface area contributed by atoms with E-state index in [9.17, 15) is 14.8 Å². The van der Waals surface area contributed by atoms with Crippen molar-refractivity contribution in [2.75, 3.05) is 6.61 Å². The molecule has 144 valence electrons. The number of ether oxygens (including phenoxy) is 1. The lowest BCUT2D eigenvalue weighted by Gasteiger charge is -2.30. The maximum Gasteiger partial charge on any atom is 0.285 e. The van der Waals surface area contributed by atoms with Crippen LogP contribution in [-0.2, 0) is 4.08 Å². The van der Waals surface area contributed by atoms with Crippen LogP contribution in [0.5, 0.6) is 5.75 Å². The molecular formula is C20H23NO4S2. The normalized spacial score (nSPS) is 14.2. The van der Waals surface area contributed by atoms with Gasteiger partial charge in [-0.25, -0.2) is 0 Å².